The second kappa shape index (κ2) is 7.49. The molecule has 5 nitrogen and oxygen atoms in total. The zero-order valence-electron chi connectivity index (χ0n) is 14.4. The number of hydrogen-bond donors (Lipinski definition) is 3. The number of benzene rings is 1. The fourth-order valence-electron chi connectivity index (χ4n) is 2.50. The summed E-state index contributed by atoms with van der Waals surface area (Å²) in [6, 6.07) is 6.12. The predicted molar refractivity (Wildman–Crippen MR) is 92.8 cm³/mol. The Hall–Kier alpha value is -2.04. The summed E-state index contributed by atoms with van der Waals surface area (Å²) in [4.78, 5) is 23.8. The zero-order valence-corrected chi connectivity index (χ0v) is 14.4. The number of nitrogens with one attached hydrogen (secondary N) is 3. The van der Waals surface area contributed by atoms with Gasteiger partial charge < -0.3 is 16.0 Å². The Kier molecular flexibility index (Phi) is 5.64. The number of hydrogen-bond acceptors (Lipinski definition) is 2. The van der Waals surface area contributed by atoms with Gasteiger partial charge in [0.05, 0.1) is 6.54 Å². The summed E-state index contributed by atoms with van der Waals surface area (Å²) in [7, 11) is 0. The van der Waals surface area contributed by atoms with Crippen LogP contribution in [0.15, 0.2) is 18.2 Å². The molecule has 1 aliphatic carbocycles. The fourth-order valence-corrected chi connectivity index (χ4v) is 2.50. The second-order valence-corrected chi connectivity index (χ2v) is 6.77. The van der Waals surface area contributed by atoms with Gasteiger partial charge in [0, 0.05) is 11.7 Å². The molecule has 3 N–H and O–H groups in total. The molecule has 0 heterocycles. The van der Waals surface area contributed by atoms with Crippen LogP contribution in [0.4, 0.5) is 10.5 Å². The predicted octanol–water partition coefficient (Wildman–Crippen LogP) is 3.33. The average Bonchev–Trinajstić information content (AvgIpc) is 3.28. The van der Waals surface area contributed by atoms with E-state index in [0.29, 0.717) is 11.8 Å². The van der Waals surface area contributed by atoms with Crippen LogP contribution in [0.25, 0.3) is 0 Å². The van der Waals surface area contributed by atoms with Crippen LogP contribution >= 0.6 is 0 Å². The largest absolute Gasteiger partial charge is 0.335 e. The van der Waals surface area contributed by atoms with E-state index in [0.717, 1.165) is 29.7 Å². The first-order valence-electron chi connectivity index (χ1n) is 8.35. The van der Waals surface area contributed by atoms with E-state index in [1.807, 2.05) is 18.2 Å². The van der Waals surface area contributed by atoms with E-state index in [1.54, 1.807) is 0 Å². The van der Waals surface area contributed by atoms with Crippen LogP contribution in [0, 0.1) is 0 Å². The van der Waals surface area contributed by atoms with Gasteiger partial charge in [-0.2, -0.15) is 0 Å². The Morgan fingerprint density at radius 2 is 1.65 bits per heavy atom. The lowest BCUT2D eigenvalue weighted by atomic mass is 9.92. The number of carbonyl (C=O) groups excluding carboxylic acids is 2. The third-order valence-corrected chi connectivity index (χ3v) is 3.96. The maximum absolute atomic E-state index is 12.2. The lowest BCUT2D eigenvalue weighted by Gasteiger charge is -2.20. The summed E-state index contributed by atoms with van der Waals surface area (Å²) < 4.78 is 0. The molecule has 2 rings (SSSR count). The number of para-hydroxylation sites is 1. The van der Waals surface area contributed by atoms with Crippen molar-refractivity contribution in [2.24, 2.45) is 0 Å². The molecule has 0 aliphatic heterocycles. The summed E-state index contributed by atoms with van der Waals surface area (Å²) in [6.45, 7) is 8.40. The Morgan fingerprint density at radius 1 is 1.09 bits per heavy atom. The molecule has 23 heavy (non-hydrogen) atoms. The van der Waals surface area contributed by atoms with Crippen molar-refractivity contribution in [1.29, 1.82) is 0 Å². The smallest absolute Gasteiger partial charge is 0.315 e. The van der Waals surface area contributed by atoms with Crippen LogP contribution in [-0.4, -0.2) is 24.5 Å². The first-order valence-corrected chi connectivity index (χ1v) is 8.35. The van der Waals surface area contributed by atoms with E-state index >= 15 is 0 Å². The minimum atomic E-state index is -0.274. The lowest BCUT2D eigenvalue weighted by Crippen LogP contribution is -2.41. The Morgan fingerprint density at radius 3 is 2.13 bits per heavy atom. The fraction of sp³-hybridized carbons (Fsp3) is 0.556. The number of carbonyl (C=O) groups is 2. The minimum Gasteiger partial charge on any atom is -0.335 e. The van der Waals surface area contributed by atoms with Crippen molar-refractivity contribution in [2.45, 2.75) is 58.4 Å². The number of urea groups is 1. The molecule has 1 fully saturated rings. The highest BCUT2D eigenvalue weighted by molar-refractivity contribution is 5.95. The van der Waals surface area contributed by atoms with Gasteiger partial charge in [0.15, 0.2) is 0 Å². The second-order valence-electron chi connectivity index (χ2n) is 6.77. The van der Waals surface area contributed by atoms with Crippen molar-refractivity contribution in [3.05, 3.63) is 29.3 Å². The molecule has 0 atom stereocenters. The van der Waals surface area contributed by atoms with Crippen molar-refractivity contribution in [3.8, 4) is 0 Å². The van der Waals surface area contributed by atoms with Crippen LogP contribution in [0.3, 0.4) is 0 Å². The van der Waals surface area contributed by atoms with Gasteiger partial charge in [0.25, 0.3) is 0 Å². The van der Waals surface area contributed by atoms with Gasteiger partial charge in [-0.1, -0.05) is 45.9 Å². The molecule has 0 bridgehead atoms. The van der Waals surface area contributed by atoms with Crippen LogP contribution in [0.1, 0.15) is 63.5 Å². The van der Waals surface area contributed by atoms with E-state index in [1.165, 1.54) is 0 Å². The molecule has 1 aliphatic rings. The normalized spacial score (nSPS) is 14.0. The summed E-state index contributed by atoms with van der Waals surface area (Å²) in [5.41, 5.74) is 3.12. The molecule has 0 unspecified atom stereocenters. The highest BCUT2D eigenvalue weighted by Gasteiger charge is 2.23. The van der Waals surface area contributed by atoms with Crippen molar-refractivity contribution in [1.82, 2.24) is 10.6 Å². The topological polar surface area (TPSA) is 70.2 Å². The molecule has 0 radical (unpaired) electrons. The van der Waals surface area contributed by atoms with Crippen molar-refractivity contribution in [2.75, 3.05) is 11.9 Å². The Balaban J connectivity index is 2.02. The van der Waals surface area contributed by atoms with E-state index in [2.05, 4.69) is 43.6 Å². The SMILES string of the molecule is CC(C)c1cccc(C(C)C)c1NC(=O)CNC(=O)NC1CC1. The van der Waals surface area contributed by atoms with Gasteiger partial charge in [-0.15, -0.1) is 0 Å². The molecular weight excluding hydrogens is 290 g/mol. The Bertz CT molecular complexity index is 551. The molecule has 0 spiro atoms. The van der Waals surface area contributed by atoms with Crippen LogP contribution in [-0.2, 0) is 4.79 Å². The summed E-state index contributed by atoms with van der Waals surface area (Å²) in [5, 5.41) is 8.40. The maximum atomic E-state index is 12.2. The van der Waals surface area contributed by atoms with Crippen molar-refractivity contribution < 1.29 is 9.59 Å². The van der Waals surface area contributed by atoms with Gasteiger partial charge in [-0.25, -0.2) is 4.79 Å². The summed E-state index contributed by atoms with van der Waals surface area (Å²) in [5.74, 6) is 0.427. The molecule has 1 aromatic rings. The summed E-state index contributed by atoms with van der Waals surface area (Å²) >= 11 is 0. The molecule has 1 aromatic carbocycles. The first kappa shape index (κ1) is 17.3. The van der Waals surface area contributed by atoms with Crippen LogP contribution in [0.2, 0.25) is 0 Å². The first-order chi connectivity index (χ1) is 10.9. The molecule has 0 aromatic heterocycles. The third kappa shape index (κ3) is 4.98. The number of rotatable bonds is 6. The summed E-state index contributed by atoms with van der Waals surface area (Å²) in [6.07, 6.45) is 2.05. The average molecular weight is 317 g/mol. The monoisotopic (exact) mass is 317 g/mol. The van der Waals surface area contributed by atoms with Crippen LogP contribution in [0.5, 0.6) is 0 Å². The van der Waals surface area contributed by atoms with E-state index < -0.39 is 0 Å². The quantitative estimate of drug-likeness (QED) is 0.753. The highest BCUT2D eigenvalue weighted by Crippen LogP contribution is 2.32. The van der Waals surface area contributed by atoms with Gasteiger partial charge in [0.2, 0.25) is 5.91 Å². The van der Waals surface area contributed by atoms with Crippen LogP contribution < -0.4 is 16.0 Å². The van der Waals surface area contributed by atoms with E-state index in [-0.39, 0.29) is 24.5 Å². The standard InChI is InChI=1S/C18H27N3O2/c1-11(2)14-6-5-7-15(12(3)4)17(14)21-16(22)10-19-18(23)20-13-8-9-13/h5-7,11-13H,8-10H2,1-4H3,(H,21,22)(H2,19,20,23). The van der Waals surface area contributed by atoms with Gasteiger partial charge in [-0.3, -0.25) is 4.79 Å². The molecular formula is C18H27N3O2. The van der Waals surface area contributed by atoms with Crippen molar-refractivity contribution in [3.63, 3.8) is 0 Å². The molecule has 3 amide bonds. The maximum Gasteiger partial charge on any atom is 0.315 e. The van der Waals surface area contributed by atoms with E-state index in [4.69, 9.17) is 0 Å². The molecule has 0 saturated heterocycles. The van der Waals surface area contributed by atoms with Gasteiger partial charge in [-0.05, 0) is 35.8 Å². The molecule has 5 heteroatoms. The van der Waals surface area contributed by atoms with E-state index in [9.17, 15) is 9.59 Å². The third-order valence-electron chi connectivity index (χ3n) is 3.96. The highest BCUT2D eigenvalue weighted by atomic mass is 16.2. The van der Waals surface area contributed by atoms with Gasteiger partial charge >= 0.3 is 6.03 Å². The molecule has 126 valence electrons. The lowest BCUT2D eigenvalue weighted by molar-refractivity contribution is -0.115. The van der Waals surface area contributed by atoms with Crippen molar-refractivity contribution >= 4 is 17.6 Å². The minimum absolute atomic E-state index is 0.0253. The number of amides is 3. The zero-order chi connectivity index (χ0) is 17.0. The Labute approximate surface area is 138 Å². The molecule has 1 saturated carbocycles. The number of anilines is 1. The van der Waals surface area contributed by atoms with Gasteiger partial charge in [0.1, 0.15) is 0 Å².